The van der Waals surface area contributed by atoms with Crippen molar-refractivity contribution < 1.29 is 0 Å². The van der Waals surface area contributed by atoms with Crippen LogP contribution < -0.4 is 0 Å². The van der Waals surface area contributed by atoms with Crippen LogP contribution in [0.1, 0.15) is 48.8 Å². The van der Waals surface area contributed by atoms with Gasteiger partial charge in [-0.3, -0.25) is 4.98 Å². The quantitative estimate of drug-likeness (QED) is 0.172. The Morgan fingerprint density at radius 2 is 1.11 bits per heavy atom. The van der Waals surface area contributed by atoms with Gasteiger partial charge in [0.1, 0.15) is 0 Å². The molecule has 0 radical (unpaired) electrons. The van der Waals surface area contributed by atoms with Crippen molar-refractivity contribution in [3.8, 4) is 84.5 Å². The Bertz CT molecular complexity index is 2760. The zero-order chi connectivity index (χ0) is 37.5. The molecule has 1 spiro atoms. The van der Waals surface area contributed by atoms with Gasteiger partial charge in [-0.15, -0.1) is 0 Å². The minimum Gasteiger partial charge on any atom is -0.264 e. The van der Waals surface area contributed by atoms with Crippen LogP contribution in [-0.2, 0) is 5.41 Å². The summed E-state index contributed by atoms with van der Waals surface area (Å²) in [5.41, 5.74) is 17.9. The van der Waals surface area contributed by atoms with Crippen LogP contribution in [0.2, 0.25) is 0 Å². The molecule has 2 aliphatic carbocycles. The highest BCUT2D eigenvalue weighted by Crippen LogP contribution is 2.58. The molecule has 4 heteroatoms. The third kappa shape index (κ3) is 5.90. The lowest BCUT2D eigenvalue weighted by molar-refractivity contribution is 0.353. The van der Waals surface area contributed by atoms with Gasteiger partial charge in [0.15, 0.2) is 5.82 Å². The molecule has 0 amide bonds. The molecule has 2 aromatic heterocycles. The minimum atomic E-state index is -0.0101. The van der Waals surface area contributed by atoms with E-state index in [4.69, 9.17) is 9.97 Å². The highest BCUT2D eigenvalue weighted by atomic mass is 14.9. The third-order valence-electron chi connectivity index (χ3n) is 11.8. The molecule has 56 heavy (non-hydrogen) atoms. The van der Waals surface area contributed by atoms with Crippen LogP contribution in [0.5, 0.6) is 0 Å². The standard InChI is InChI=1S/C52H38N4/c53-33-35-17-26-45-47(30-35)52(27-5-2-6-28-52)46-16-8-15-44(50(45)46)42-13-7-12-41(31-42)36-18-22-38(23-19-36)48-32-49(56-51(55-48)40-10-3-1-4-11-40)39-24-20-37(21-25-39)43-14-9-29-54-34-43/h1,3-4,7-26,29-32,34H,2,5-6,27-28H2. The highest BCUT2D eigenvalue weighted by molar-refractivity contribution is 5.94. The number of nitriles is 1. The first-order valence-corrected chi connectivity index (χ1v) is 19.5. The predicted octanol–water partition coefficient (Wildman–Crippen LogP) is 13.0. The van der Waals surface area contributed by atoms with E-state index in [1.807, 2.05) is 36.5 Å². The van der Waals surface area contributed by atoms with E-state index in [2.05, 4.69) is 138 Å². The van der Waals surface area contributed by atoms with Gasteiger partial charge in [-0.05, 0) is 98.8 Å². The van der Waals surface area contributed by atoms with Crippen molar-refractivity contribution in [3.05, 3.63) is 187 Å². The molecule has 8 aromatic rings. The average Bonchev–Trinajstić information content (AvgIpc) is 3.55. The van der Waals surface area contributed by atoms with Crippen molar-refractivity contribution in [1.29, 1.82) is 5.26 Å². The van der Waals surface area contributed by atoms with E-state index in [-0.39, 0.29) is 5.41 Å². The summed E-state index contributed by atoms with van der Waals surface area (Å²) in [6.07, 6.45) is 9.66. The van der Waals surface area contributed by atoms with Crippen LogP contribution >= 0.6 is 0 Å². The molecular formula is C52H38N4. The average molecular weight is 719 g/mol. The maximum absolute atomic E-state index is 9.83. The Labute approximate surface area is 327 Å². The first kappa shape index (κ1) is 33.6. The Hall–Kier alpha value is -6.96. The largest absolute Gasteiger partial charge is 0.264 e. The van der Waals surface area contributed by atoms with Crippen LogP contribution in [0, 0.1) is 11.3 Å². The van der Waals surface area contributed by atoms with E-state index in [9.17, 15) is 5.26 Å². The number of nitrogens with zero attached hydrogens (tertiary/aromatic N) is 4. The number of benzene rings is 6. The van der Waals surface area contributed by atoms with Gasteiger partial charge in [-0.25, -0.2) is 9.97 Å². The first-order chi connectivity index (χ1) is 27.7. The molecule has 0 saturated heterocycles. The van der Waals surface area contributed by atoms with E-state index in [0.717, 1.165) is 63.2 Å². The van der Waals surface area contributed by atoms with Gasteiger partial charge in [0.25, 0.3) is 0 Å². The molecule has 0 unspecified atom stereocenters. The van der Waals surface area contributed by atoms with Crippen molar-refractivity contribution in [2.75, 3.05) is 0 Å². The second-order valence-electron chi connectivity index (χ2n) is 15.0. The number of aromatic nitrogens is 3. The van der Waals surface area contributed by atoms with Crippen LogP contribution in [0.4, 0.5) is 0 Å². The second kappa shape index (κ2) is 14.0. The maximum atomic E-state index is 9.83. The minimum absolute atomic E-state index is 0.0101. The van der Waals surface area contributed by atoms with Gasteiger partial charge < -0.3 is 0 Å². The van der Waals surface area contributed by atoms with Gasteiger partial charge in [0.2, 0.25) is 0 Å². The lowest BCUT2D eigenvalue weighted by atomic mass is 9.67. The summed E-state index contributed by atoms with van der Waals surface area (Å²) < 4.78 is 0. The monoisotopic (exact) mass is 718 g/mol. The fraction of sp³-hybridized carbons (Fsp3) is 0.115. The number of rotatable bonds is 6. The molecule has 0 aliphatic heterocycles. The van der Waals surface area contributed by atoms with Gasteiger partial charge in [0, 0.05) is 34.5 Å². The van der Waals surface area contributed by atoms with Crippen LogP contribution in [0.25, 0.3) is 78.4 Å². The number of hydrogen-bond donors (Lipinski definition) is 0. The van der Waals surface area contributed by atoms with E-state index in [1.54, 1.807) is 6.20 Å². The van der Waals surface area contributed by atoms with Crippen LogP contribution in [0.15, 0.2) is 170 Å². The van der Waals surface area contributed by atoms with Gasteiger partial charge in [0.05, 0.1) is 23.0 Å². The summed E-state index contributed by atoms with van der Waals surface area (Å²) in [5, 5.41) is 9.83. The summed E-state index contributed by atoms with van der Waals surface area (Å²) in [6, 6.07) is 58.1. The molecule has 0 atom stereocenters. The Balaban J connectivity index is 1.00. The highest BCUT2D eigenvalue weighted by Gasteiger charge is 2.44. The molecule has 0 N–H and O–H groups in total. The molecule has 4 nitrogen and oxygen atoms in total. The Morgan fingerprint density at radius 1 is 0.464 bits per heavy atom. The van der Waals surface area contributed by atoms with Crippen LogP contribution in [0.3, 0.4) is 0 Å². The Kier molecular flexibility index (Phi) is 8.42. The SMILES string of the molecule is N#Cc1ccc2c(c1)C1(CCCCC1)c1cccc(-c3cccc(-c4ccc(-c5cc(-c6ccc(-c7cccnc7)cc6)nc(-c6ccccc6)n5)cc4)c3)c1-2. The molecule has 2 heterocycles. The molecule has 1 saturated carbocycles. The van der Waals surface area contributed by atoms with Gasteiger partial charge >= 0.3 is 0 Å². The molecular weight excluding hydrogens is 681 g/mol. The summed E-state index contributed by atoms with van der Waals surface area (Å²) in [5.74, 6) is 0.696. The fourth-order valence-corrected chi connectivity index (χ4v) is 9.07. The molecule has 10 rings (SSSR count). The van der Waals surface area contributed by atoms with Crippen molar-refractivity contribution in [1.82, 2.24) is 15.0 Å². The van der Waals surface area contributed by atoms with Crippen molar-refractivity contribution in [2.24, 2.45) is 0 Å². The summed E-state index contributed by atoms with van der Waals surface area (Å²) in [4.78, 5) is 14.4. The normalized spacial score (nSPS) is 13.8. The van der Waals surface area contributed by atoms with E-state index >= 15 is 0 Å². The first-order valence-electron chi connectivity index (χ1n) is 19.5. The van der Waals surface area contributed by atoms with E-state index in [1.165, 1.54) is 58.2 Å². The van der Waals surface area contributed by atoms with E-state index in [0.29, 0.717) is 5.82 Å². The summed E-state index contributed by atoms with van der Waals surface area (Å²) in [7, 11) is 0. The zero-order valence-corrected chi connectivity index (χ0v) is 31.0. The molecule has 1 fully saturated rings. The fourth-order valence-electron chi connectivity index (χ4n) is 9.07. The predicted molar refractivity (Wildman–Crippen MR) is 226 cm³/mol. The molecule has 6 aromatic carbocycles. The van der Waals surface area contributed by atoms with Gasteiger partial charge in [-0.2, -0.15) is 5.26 Å². The third-order valence-corrected chi connectivity index (χ3v) is 11.8. The summed E-state index contributed by atoms with van der Waals surface area (Å²) in [6.45, 7) is 0. The summed E-state index contributed by atoms with van der Waals surface area (Å²) >= 11 is 0. The van der Waals surface area contributed by atoms with Crippen molar-refractivity contribution in [2.45, 2.75) is 37.5 Å². The second-order valence-corrected chi connectivity index (χ2v) is 15.0. The Morgan fingerprint density at radius 3 is 1.80 bits per heavy atom. The van der Waals surface area contributed by atoms with Crippen LogP contribution in [-0.4, -0.2) is 15.0 Å². The smallest absolute Gasteiger partial charge is 0.160 e. The van der Waals surface area contributed by atoms with Gasteiger partial charge in [-0.1, -0.05) is 147 Å². The topological polar surface area (TPSA) is 62.5 Å². The van der Waals surface area contributed by atoms with E-state index < -0.39 is 0 Å². The lowest BCUT2D eigenvalue weighted by Gasteiger charge is -2.36. The lowest BCUT2D eigenvalue weighted by Crippen LogP contribution is -2.28. The molecule has 0 bridgehead atoms. The van der Waals surface area contributed by atoms with Crippen molar-refractivity contribution in [3.63, 3.8) is 0 Å². The zero-order valence-electron chi connectivity index (χ0n) is 31.0. The number of fused-ring (bicyclic) bond motifs is 5. The number of hydrogen-bond acceptors (Lipinski definition) is 4. The maximum Gasteiger partial charge on any atom is 0.160 e. The number of pyridine rings is 1. The molecule has 266 valence electrons. The molecule has 2 aliphatic rings. The van der Waals surface area contributed by atoms with Crippen molar-refractivity contribution >= 4 is 0 Å².